The van der Waals surface area contributed by atoms with Crippen LogP contribution in [0.2, 0.25) is 0 Å². The van der Waals surface area contributed by atoms with Crippen molar-refractivity contribution in [2.45, 2.75) is 31.8 Å². The van der Waals surface area contributed by atoms with Crippen LogP contribution in [0.4, 0.5) is 0 Å². The largest absolute Gasteiger partial charge is 0.316 e. The molecule has 8 heteroatoms. The highest BCUT2D eigenvalue weighted by molar-refractivity contribution is 5.24. The van der Waals surface area contributed by atoms with E-state index in [1.54, 1.807) is 46.3 Å². The van der Waals surface area contributed by atoms with Crippen molar-refractivity contribution in [3.63, 3.8) is 0 Å². The van der Waals surface area contributed by atoms with E-state index in [4.69, 9.17) is 0 Å². The topological polar surface area (TPSA) is 87.6 Å². The SMILES string of the molecule is O=c1c(=O)n(C2CCC2)ccn1Cc1ccc(-n2ccnn2)nc1. The zero-order chi connectivity index (χ0) is 16.5. The summed E-state index contributed by atoms with van der Waals surface area (Å²) in [6, 6.07) is 3.84. The van der Waals surface area contributed by atoms with E-state index < -0.39 is 11.1 Å². The second kappa shape index (κ2) is 5.88. The fourth-order valence-corrected chi connectivity index (χ4v) is 2.77. The predicted octanol–water partition coefficient (Wildman–Crippen LogP) is 0.759. The Balaban J connectivity index is 1.58. The fourth-order valence-electron chi connectivity index (χ4n) is 2.77. The van der Waals surface area contributed by atoms with Crippen molar-refractivity contribution in [2.24, 2.45) is 0 Å². The second-order valence-corrected chi connectivity index (χ2v) is 5.90. The van der Waals surface area contributed by atoms with Crippen molar-refractivity contribution < 1.29 is 0 Å². The lowest BCUT2D eigenvalue weighted by atomic mass is 9.93. The van der Waals surface area contributed by atoms with Crippen LogP contribution in [0.15, 0.2) is 52.7 Å². The zero-order valence-corrected chi connectivity index (χ0v) is 12.9. The highest BCUT2D eigenvalue weighted by Crippen LogP contribution is 2.29. The molecule has 0 bridgehead atoms. The van der Waals surface area contributed by atoms with Crippen LogP contribution in [0.3, 0.4) is 0 Å². The summed E-state index contributed by atoms with van der Waals surface area (Å²) in [4.78, 5) is 28.8. The maximum atomic E-state index is 12.3. The third kappa shape index (κ3) is 2.55. The second-order valence-electron chi connectivity index (χ2n) is 5.90. The Morgan fingerprint density at radius 3 is 2.58 bits per heavy atom. The van der Waals surface area contributed by atoms with Gasteiger partial charge in [0.25, 0.3) is 0 Å². The lowest BCUT2D eigenvalue weighted by molar-refractivity contribution is 0.303. The Hall–Kier alpha value is -3.03. The van der Waals surface area contributed by atoms with Crippen molar-refractivity contribution in [1.82, 2.24) is 29.1 Å². The Morgan fingerprint density at radius 2 is 1.96 bits per heavy atom. The van der Waals surface area contributed by atoms with Gasteiger partial charge < -0.3 is 9.13 Å². The normalized spacial score (nSPS) is 14.5. The van der Waals surface area contributed by atoms with Gasteiger partial charge in [0.05, 0.1) is 18.9 Å². The van der Waals surface area contributed by atoms with E-state index in [0.29, 0.717) is 12.4 Å². The quantitative estimate of drug-likeness (QED) is 0.661. The summed E-state index contributed by atoms with van der Waals surface area (Å²) in [5.41, 5.74) is -0.110. The average molecular weight is 324 g/mol. The smallest absolute Gasteiger partial charge is 0.306 e. The summed E-state index contributed by atoms with van der Waals surface area (Å²) in [6.45, 7) is 0.310. The van der Waals surface area contributed by atoms with Crippen molar-refractivity contribution in [1.29, 1.82) is 0 Å². The van der Waals surface area contributed by atoms with E-state index in [2.05, 4.69) is 15.3 Å². The number of hydrogen-bond acceptors (Lipinski definition) is 5. The molecule has 0 amide bonds. The minimum atomic E-state index is -0.496. The molecule has 0 aromatic carbocycles. The van der Waals surface area contributed by atoms with Crippen molar-refractivity contribution in [3.8, 4) is 5.82 Å². The van der Waals surface area contributed by atoms with Crippen molar-refractivity contribution in [3.05, 3.63) is 69.4 Å². The molecule has 1 aliphatic rings. The van der Waals surface area contributed by atoms with Gasteiger partial charge in [-0.2, -0.15) is 0 Å². The van der Waals surface area contributed by atoms with Gasteiger partial charge >= 0.3 is 11.1 Å². The van der Waals surface area contributed by atoms with Crippen LogP contribution in [-0.2, 0) is 6.54 Å². The summed E-state index contributed by atoms with van der Waals surface area (Å²) in [5.74, 6) is 0.643. The van der Waals surface area contributed by atoms with Gasteiger partial charge in [-0.05, 0) is 30.9 Å². The van der Waals surface area contributed by atoms with Gasteiger partial charge in [-0.1, -0.05) is 11.3 Å². The summed E-state index contributed by atoms with van der Waals surface area (Å²) in [5, 5.41) is 7.61. The third-order valence-electron chi connectivity index (χ3n) is 4.37. The Kier molecular flexibility index (Phi) is 3.56. The fraction of sp³-hybridized carbons (Fsp3) is 0.312. The molecule has 0 unspecified atom stereocenters. The minimum Gasteiger partial charge on any atom is -0.306 e. The van der Waals surface area contributed by atoms with Gasteiger partial charge in [0.15, 0.2) is 5.82 Å². The summed E-state index contributed by atoms with van der Waals surface area (Å²) in [7, 11) is 0. The molecule has 1 aliphatic carbocycles. The molecule has 3 aromatic heterocycles. The van der Waals surface area contributed by atoms with Crippen molar-refractivity contribution >= 4 is 0 Å². The maximum absolute atomic E-state index is 12.3. The summed E-state index contributed by atoms with van der Waals surface area (Å²) in [6.07, 6.45) is 11.4. The molecule has 0 atom stereocenters. The third-order valence-corrected chi connectivity index (χ3v) is 4.37. The highest BCUT2D eigenvalue weighted by atomic mass is 16.2. The van der Waals surface area contributed by atoms with E-state index >= 15 is 0 Å². The molecule has 8 nitrogen and oxygen atoms in total. The molecule has 0 radical (unpaired) electrons. The summed E-state index contributed by atoms with van der Waals surface area (Å²) >= 11 is 0. The highest BCUT2D eigenvalue weighted by Gasteiger charge is 2.21. The zero-order valence-electron chi connectivity index (χ0n) is 12.9. The maximum Gasteiger partial charge on any atom is 0.316 e. The number of aromatic nitrogens is 6. The molecule has 0 aliphatic heterocycles. The Bertz CT molecular complexity index is 951. The molecule has 4 rings (SSSR count). The van der Waals surface area contributed by atoms with Gasteiger partial charge in [-0.15, -0.1) is 5.10 Å². The number of nitrogens with zero attached hydrogens (tertiary/aromatic N) is 6. The molecule has 3 aromatic rings. The van der Waals surface area contributed by atoms with Crippen LogP contribution in [0.1, 0.15) is 30.9 Å². The molecule has 0 spiro atoms. The summed E-state index contributed by atoms with van der Waals surface area (Å²) < 4.78 is 4.54. The predicted molar refractivity (Wildman–Crippen MR) is 86.1 cm³/mol. The van der Waals surface area contributed by atoms with Crippen LogP contribution in [0, 0.1) is 0 Å². The Labute approximate surface area is 137 Å². The van der Waals surface area contributed by atoms with Crippen LogP contribution < -0.4 is 11.1 Å². The van der Waals surface area contributed by atoms with E-state index in [1.807, 2.05) is 6.07 Å². The number of pyridine rings is 1. The first-order valence-electron chi connectivity index (χ1n) is 7.85. The van der Waals surface area contributed by atoms with E-state index in [0.717, 1.165) is 24.8 Å². The van der Waals surface area contributed by atoms with Crippen LogP contribution in [0.25, 0.3) is 5.82 Å². The van der Waals surface area contributed by atoms with Gasteiger partial charge in [-0.3, -0.25) is 9.59 Å². The van der Waals surface area contributed by atoms with E-state index in [9.17, 15) is 9.59 Å². The van der Waals surface area contributed by atoms with Gasteiger partial charge in [0, 0.05) is 24.6 Å². The molecule has 24 heavy (non-hydrogen) atoms. The van der Waals surface area contributed by atoms with Crippen LogP contribution in [0.5, 0.6) is 0 Å². The van der Waals surface area contributed by atoms with Gasteiger partial charge in [0.2, 0.25) is 0 Å². The number of hydrogen-bond donors (Lipinski definition) is 0. The molecule has 1 fully saturated rings. The van der Waals surface area contributed by atoms with E-state index in [1.165, 1.54) is 4.57 Å². The first-order valence-corrected chi connectivity index (χ1v) is 7.85. The van der Waals surface area contributed by atoms with Crippen molar-refractivity contribution in [2.75, 3.05) is 0 Å². The number of rotatable bonds is 4. The molecule has 0 N–H and O–H groups in total. The first-order chi connectivity index (χ1) is 11.7. The van der Waals surface area contributed by atoms with Gasteiger partial charge in [0.1, 0.15) is 0 Å². The van der Waals surface area contributed by atoms with Crippen LogP contribution >= 0.6 is 0 Å². The molecule has 1 saturated carbocycles. The first kappa shape index (κ1) is 14.6. The lowest BCUT2D eigenvalue weighted by Crippen LogP contribution is -2.43. The van der Waals surface area contributed by atoms with E-state index in [-0.39, 0.29) is 6.04 Å². The lowest BCUT2D eigenvalue weighted by Gasteiger charge is -2.27. The molecule has 0 saturated heterocycles. The minimum absolute atomic E-state index is 0.184. The molecular weight excluding hydrogens is 308 g/mol. The molecule has 3 heterocycles. The van der Waals surface area contributed by atoms with Gasteiger partial charge in [-0.25, -0.2) is 9.67 Å². The molecular formula is C16H16N6O2. The average Bonchev–Trinajstić information content (AvgIpc) is 3.08. The Morgan fingerprint density at radius 1 is 1.08 bits per heavy atom. The van der Waals surface area contributed by atoms with Crippen LogP contribution in [-0.4, -0.2) is 29.1 Å². The standard InChI is InChI=1S/C16H16N6O2/c23-15-16(24)21(13-2-1-3-13)9-8-20(15)11-12-4-5-14(17-10-12)22-7-6-18-19-22/h4-10,13H,1-3,11H2. The monoisotopic (exact) mass is 324 g/mol. The molecule has 122 valence electrons.